The van der Waals surface area contributed by atoms with Gasteiger partial charge in [0.2, 0.25) is 0 Å². The van der Waals surface area contributed by atoms with Crippen molar-refractivity contribution in [1.82, 2.24) is 4.90 Å². The normalized spacial score (nSPS) is 13.4. The van der Waals surface area contributed by atoms with Crippen LogP contribution >= 0.6 is 0 Å². The molecule has 2 heteroatoms. The molecule has 0 aromatic heterocycles. The number of aryl methyl sites for hydroxylation is 4. The van der Waals surface area contributed by atoms with Crippen LogP contribution in [0.25, 0.3) is 5.70 Å². The molecule has 3 rings (SSSR count). The summed E-state index contributed by atoms with van der Waals surface area (Å²) in [4.78, 5) is 6.24. The van der Waals surface area contributed by atoms with Crippen LogP contribution < -0.4 is 0 Å². The molecule has 0 amide bonds. The van der Waals surface area contributed by atoms with Crippen molar-refractivity contribution in [3.63, 3.8) is 0 Å². The van der Waals surface area contributed by atoms with Crippen molar-refractivity contribution >= 4 is 12.4 Å². The summed E-state index contributed by atoms with van der Waals surface area (Å²) >= 11 is 0. The van der Waals surface area contributed by atoms with Gasteiger partial charge in [-0.15, -0.1) is 0 Å². The summed E-state index contributed by atoms with van der Waals surface area (Å²) < 4.78 is 0. The third kappa shape index (κ3) is 12.4. The average molecular weight is 533 g/mol. The standard InChI is InChI=1S/C24H31N.C9H17N.2C2H6/c1-6-21-16-24(19(4)15-18(21)3)20(5)25-13-11-23(12-14-25)22-9-7-17(2)8-10-22;1-5-8(2)6-7-9(3)10-4;2*1-2/h7-10,15-16,23H,5-6,11-14H2,1-4H3;8H,3-7H2,1-2H3;2*1-2H3. The number of aliphatic imine (C=N–C) groups is 1. The predicted molar refractivity (Wildman–Crippen MR) is 179 cm³/mol. The SMILES string of the molecule is C=C(c1cc(CC)c(C)cc1C)N1CCC(c2ccc(C)cc2)CC1.C=NC(=C)CCC(C)CC.CC.CC. The van der Waals surface area contributed by atoms with Crippen molar-refractivity contribution in [2.24, 2.45) is 10.9 Å². The quantitative estimate of drug-likeness (QED) is 0.293. The molecule has 1 fully saturated rings. The number of benzene rings is 2. The maximum absolute atomic E-state index is 4.45. The second-order valence-electron chi connectivity index (χ2n) is 10.3. The van der Waals surface area contributed by atoms with Crippen LogP contribution in [0.1, 0.15) is 120 Å². The molecule has 1 aliphatic heterocycles. The van der Waals surface area contributed by atoms with E-state index < -0.39 is 0 Å². The maximum atomic E-state index is 4.45. The summed E-state index contributed by atoms with van der Waals surface area (Å²) in [6, 6.07) is 13.8. The minimum Gasteiger partial charge on any atom is -0.371 e. The fourth-order valence-electron chi connectivity index (χ4n) is 4.78. The number of nitrogens with zero attached hydrogens (tertiary/aromatic N) is 2. The largest absolute Gasteiger partial charge is 0.371 e. The second-order valence-corrected chi connectivity index (χ2v) is 10.3. The van der Waals surface area contributed by atoms with Gasteiger partial charge in [0.05, 0.1) is 0 Å². The number of hydrogen-bond acceptors (Lipinski definition) is 2. The molecule has 0 saturated carbocycles. The van der Waals surface area contributed by atoms with Crippen LogP contribution in [0.5, 0.6) is 0 Å². The van der Waals surface area contributed by atoms with Gasteiger partial charge in [-0.25, -0.2) is 0 Å². The minimum atomic E-state index is 0.690. The van der Waals surface area contributed by atoms with Gasteiger partial charge in [0.25, 0.3) is 0 Å². The summed E-state index contributed by atoms with van der Waals surface area (Å²) in [6.07, 6.45) is 6.94. The number of allylic oxidation sites excluding steroid dienone is 1. The Balaban J connectivity index is 0.000000871. The van der Waals surface area contributed by atoms with Crippen LogP contribution in [0.3, 0.4) is 0 Å². The molecule has 0 aliphatic carbocycles. The highest BCUT2D eigenvalue weighted by Gasteiger charge is 2.22. The molecule has 1 saturated heterocycles. The number of likely N-dealkylation sites (tertiary alicyclic amines) is 1. The van der Waals surface area contributed by atoms with Gasteiger partial charge in [0.1, 0.15) is 0 Å². The molecule has 1 heterocycles. The van der Waals surface area contributed by atoms with Gasteiger partial charge in [-0.2, -0.15) is 0 Å². The van der Waals surface area contributed by atoms with Crippen molar-refractivity contribution in [2.45, 2.75) is 114 Å². The Kier molecular flexibility index (Phi) is 19.0. The monoisotopic (exact) mass is 532 g/mol. The summed E-state index contributed by atoms with van der Waals surface area (Å²) in [7, 11) is 0. The Morgan fingerprint density at radius 3 is 1.97 bits per heavy atom. The maximum Gasteiger partial charge on any atom is 0.0369 e. The fraction of sp³-hybridized carbons (Fsp3) is 0.541. The van der Waals surface area contributed by atoms with Crippen LogP contribution in [-0.2, 0) is 6.42 Å². The van der Waals surface area contributed by atoms with E-state index in [2.05, 4.69) is 108 Å². The Bertz CT molecular complexity index is 975. The highest BCUT2D eigenvalue weighted by molar-refractivity contribution is 5.66. The second kappa shape index (κ2) is 20.3. The van der Waals surface area contributed by atoms with E-state index in [-0.39, 0.29) is 0 Å². The zero-order chi connectivity index (χ0) is 30.0. The summed E-state index contributed by atoms with van der Waals surface area (Å²) in [5.74, 6) is 1.48. The first-order valence-corrected chi connectivity index (χ1v) is 15.4. The van der Waals surface area contributed by atoms with E-state index in [1.165, 1.54) is 64.8 Å². The number of rotatable bonds is 9. The lowest BCUT2D eigenvalue weighted by Gasteiger charge is -2.35. The van der Waals surface area contributed by atoms with Gasteiger partial charge in [-0.3, -0.25) is 4.99 Å². The molecule has 1 aliphatic rings. The lowest BCUT2D eigenvalue weighted by Crippen LogP contribution is -2.31. The highest BCUT2D eigenvalue weighted by Crippen LogP contribution is 2.33. The molecule has 0 spiro atoms. The average Bonchev–Trinajstić information content (AvgIpc) is 2.98. The topological polar surface area (TPSA) is 15.6 Å². The summed E-state index contributed by atoms with van der Waals surface area (Å²) in [6.45, 7) is 35.1. The van der Waals surface area contributed by atoms with Gasteiger partial charge < -0.3 is 4.90 Å². The van der Waals surface area contributed by atoms with Gasteiger partial charge in [-0.1, -0.05) is 104 Å². The van der Waals surface area contributed by atoms with Crippen LogP contribution in [0, 0.1) is 26.7 Å². The van der Waals surface area contributed by atoms with Crippen LogP contribution in [0.2, 0.25) is 0 Å². The molecule has 1 atom stereocenters. The molecule has 1 unspecified atom stereocenters. The first-order valence-electron chi connectivity index (χ1n) is 15.4. The van der Waals surface area contributed by atoms with Gasteiger partial charge in [0, 0.05) is 30.0 Å². The van der Waals surface area contributed by atoms with E-state index in [1.807, 2.05) is 27.7 Å². The summed E-state index contributed by atoms with van der Waals surface area (Å²) in [5.41, 5.74) is 10.5. The fourth-order valence-corrected chi connectivity index (χ4v) is 4.78. The predicted octanol–water partition coefficient (Wildman–Crippen LogP) is 11.1. The van der Waals surface area contributed by atoms with Crippen LogP contribution in [-0.4, -0.2) is 24.7 Å². The van der Waals surface area contributed by atoms with Crippen molar-refractivity contribution in [2.75, 3.05) is 13.1 Å². The van der Waals surface area contributed by atoms with Crippen molar-refractivity contribution < 1.29 is 0 Å². The van der Waals surface area contributed by atoms with E-state index >= 15 is 0 Å². The molecule has 39 heavy (non-hydrogen) atoms. The number of hydrogen-bond donors (Lipinski definition) is 0. The van der Waals surface area contributed by atoms with Crippen molar-refractivity contribution in [1.29, 1.82) is 0 Å². The van der Waals surface area contributed by atoms with E-state index in [1.54, 1.807) is 0 Å². The molecular formula is C37H60N2. The van der Waals surface area contributed by atoms with E-state index in [0.29, 0.717) is 5.92 Å². The molecular weight excluding hydrogens is 472 g/mol. The Labute approximate surface area is 243 Å². The molecule has 218 valence electrons. The zero-order valence-electron chi connectivity index (χ0n) is 27.3. The lowest BCUT2D eigenvalue weighted by atomic mass is 9.88. The first kappa shape index (κ1) is 36.4. The number of piperidine rings is 1. The molecule has 0 bridgehead atoms. The third-order valence-electron chi connectivity index (χ3n) is 7.65. The molecule has 2 aromatic rings. The first-order chi connectivity index (χ1) is 18.7. The van der Waals surface area contributed by atoms with Crippen LogP contribution in [0.15, 0.2) is 60.2 Å². The van der Waals surface area contributed by atoms with Gasteiger partial charge in [0.15, 0.2) is 0 Å². The van der Waals surface area contributed by atoms with E-state index in [4.69, 9.17) is 0 Å². The Hall–Kier alpha value is -2.61. The van der Waals surface area contributed by atoms with Crippen molar-refractivity contribution in [3.8, 4) is 0 Å². The zero-order valence-corrected chi connectivity index (χ0v) is 27.3. The van der Waals surface area contributed by atoms with E-state index in [0.717, 1.165) is 37.5 Å². The highest BCUT2D eigenvalue weighted by atomic mass is 15.1. The van der Waals surface area contributed by atoms with Crippen molar-refractivity contribution in [3.05, 3.63) is 88.6 Å². The van der Waals surface area contributed by atoms with Gasteiger partial charge >= 0.3 is 0 Å². The molecule has 2 nitrogen and oxygen atoms in total. The van der Waals surface area contributed by atoms with Crippen LogP contribution in [0.4, 0.5) is 0 Å². The third-order valence-corrected chi connectivity index (χ3v) is 7.65. The van der Waals surface area contributed by atoms with Gasteiger partial charge in [-0.05, 0) is 99.7 Å². The summed E-state index contributed by atoms with van der Waals surface area (Å²) in [5, 5.41) is 0. The smallest absolute Gasteiger partial charge is 0.0369 e. The molecule has 2 aromatic carbocycles. The minimum absolute atomic E-state index is 0.690. The Morgan fingerprint density at radius 2 is 1.49 bits per heavy atom. The van der Waals surface area contributed by atoms with E-state index in [9.17, 15) is 0 Å². The molecule has 0 N–H and O–H groups in total. The Morgan fingerprint density at radius 1 is 0.923 bits per heavy atom. The lowest BCUT2D eigenvalue weighted by molar-refractivity contribution is 0.299. The molecule has 0 radical (unpaired) electrons.